The molecule has 0 spiro atoms. The highest BCUT2D eigenvalue weighted by Crippen LogP contribution is 2.16. The second kappa shape index (κ2) is 7.13. The number of nitrogen functional groups attached to an aromatic ring is 1. The Morgan fingerprint density at radius 1 is 1.53 bits per heavy atom. The molecular formula is C11H15FN2O2S. The van der Waals surface area contributed by atoms with Crippen molar-refractivity contribution >= 4 is 29.0 Å². The molecule has 0 unspecified atom stereocenters. The second-order valence-corrected chi connectivity index (χ2v) is 4.52. The van der Waals surface area contributed by atoms with Gasteiger partial charge in [-0.15, -0.1) is 0 Å². The molecule has 6 heteroatoms. The molecule has 0 heterocycles. The fourth-order valence-corrected chi connectivity index (χ4v) is 1.89. The molecule has 0 aliphatic carbocycles. The smallest absolute Gasteiger partial charge is 0.234 e. The van der Waals surface area contributed by atoms with Crippen molar-refractivity contribution < 1.29 is 14.3 Å². The number of nitrogens with two attached hydrogens (primary N) is 1. The van der Waals surface area contributed by atoms with Gasteiger partial charge >= 0.3 is 0 Å². The maximum atomic E-state index is 12.9. The number of carbonyl (C=O) groups is 1. The molecule has 0 saturated carbocycles. The summed E-state index contributed by atoms with van der Waals surface area (Å²) in [6.45, 7) is 0.128. The highest BCUT2D eigenvalue weighted by atomic mass is 32.2. The summed E-state index contributed by atoms with van der Waals surface area (Å²) in [6.07, 6.45) is 0.668. The molecule has 94 valence electrons. The van der Waals surface area contributed by atoms with Crippen molar-refractivity contribution in [3.05, 3.63) is 24.0 Å². The Labute approximate surface area is 103 Å². The largest absolute Gasteiger partial charge is 0.396 e. The number of halogens is 1. The summed E-state index contributed by atoms with van der Waals surface area (Å²) in [5.41, 5.74) is 5.87. The van der Waals surface area contributed by atoms with Crippen molar-refractivity contribution in [1.82, 2.24) is 0 Å². The number of rotatable bonds is 6. The number of amides is 1. The van der Waals surface area contributed by atoms with Gasteiger partial charge in [0, 0.05) is 12.3 Å². The molecule has 17 heavy (non-hydrogen) atoms. The summed E-state index contributed by atoms with van der Waals surface area (Å²) < 4.78 is 12.9. The maximum Gasteiger partial charge on any atom is 0.234 e. The van der Waals surface area contributed by atoms with E-state index in [2.05, 4.69) is 5.32 Å². The highest BCUT2D eigenvalue weighted by Gasteiger charge is 2.04. The summed E-state index contributed by atoms with van der Waals surface area (Å²) in [6, 6.07) is 4.05. The minimum atomic E-state index is -0.500. The number of aliphatic hydroxyl groups excluding tert-OH is 1. The summed E-state index contributed by atoms with van der Waals surface area (Å²) >= 11 is 1.44. The minimum absolute atomic E-state index is 0.00994. The van der Waals surface area contributed by atoms with E-state index in [0.717, 1.165) is 5.75 Å². The van der Waals surface area contributed by atoms with Crippen LogP contribution in [0.4, 0.5) is 15.8 Å². The Morgan fingerprint density at radius 3 is 2.94 bits per heavy atom. The van der Waals surface area contributed by atoms with Gasteiger partial charge in [-0.05, 0) is 30.4 Å². The molecule has 1 rings (SSSR count). The van der Waals surface area contributed by atoms with Crippen molar-refractivity contribution in [1.29, 1.82) is 0 Å². The maximum absolute atomic E-state index is 12.9. The van der Waals surface area contributed by atoms with Gasteiger partial charge in [-0.3, -0.25) is 4.79 Å². The molecule has 0 fully saturated rings. The molecule has 0 aromatic heterocycles. The van der Waals surface area contributed by atoms with Gasteiger partial charge in [0.1, 0.15) is 5.82 Å². The standard InChI is InChI=1S/C11H15FN2O2S/c12-9-3-2-8(6-10(9)13)14-11(16)7-17-5-1-4-15/h2-3,6,15H,1,4-5,7,13H2,(H,14,16). The molecule has 0 atom stereocenters. The van der Waals surface area contributed by atoms with Gasteiger partial charge in [0.25, 0.3) is 0 Å². The first-order valence-electron chi connectivity index (χ1n) is 5.17. The third-order valence-electron chi connectivity index (χ3n) is 1.96. The van der Waals surface area contributed by atoms with Crippen LogP contribution in [0, 0.1) is 5.82 Å². The molecule has 1 amide bonds. The van der Waals surface area contributed by atoms with Crippen LogP contribution in [0.5, 0.6) is 0 Å². The quantitative estimate of drug-likeness (QED) is 0.533. The number of anilines is 2. The van der Waals surface area contributed by atoms with Crippen LogP contribution in [0.1, 0.15) is 6.42 Å². The predicted molar refractivity (Wildman–Crippen MR) is 68.5 cm³/mol. The van der Waals surface area contributed by atoms with Crippen LogP contribution in [-0.2, 0) is 4.79 Å². The summed E-state index contributed by atoms with van der Waals surface area (Å²) in [5, 5.41) is 11.2. The van der Waals surface area contributed by atoms with Gasteiger partial charge in [-0.25, -0.2) is 4.39 Å². The van der Waals surface area contributed by atoms with Crippen LogP contribution < -0.4 is 11.1 Å². The van der Waals surface area contributed by atoms with E-state index < -0.39 is 5.82 Å². The zero-order valence-corrected chi connectivity index (χ0v) is 10.1. The number of aliphatic hydroxyl groups is 1. The van der Waals surface area contributed by atoms with Crippen molar-refractivity contribution in [3.8, 4) is 0 Å². The monoisotopic (exact) mass is 258 g/mol. The zero-order valence-electron chi connectivity index (χ0n) is 9.28. The number of benzene rings is 1. The van der Waals surface area contributed by atoms with Crippen LogP contribution in [-0.4, -0.2) is 29.1 Å². The molecule has 4 N–H and O–H groups in total. The molecule has 1 aromatic rings. The van der Waals surface area contributed by atoms with Gasteiger partial charge in [0.15, 0.2) is 0 Å². The van der Waals surface area contributed by atoms with Crippen molar-refractivity contribution in [3.63, 3.8) is 0 Å². The molecule has 0 saturated heterocycles. The van der Waals surface area contributed by atoms with Gasteiger partial charge in [-0.1, -0.05) is 0 Å². The van der Waals surface area contributed by atoms with E-state index in [1.165, 1.54) is 30.0 Å². The molecule has 0 aliphatic rings. The lowest BCUT2D eigenvalue weighted by molar-refractivity contribution is -0.113. The minimum Gasteiger partial charge on any atom is -0.396 e. The second-order valence-electron chi connectivity index (χ2n) is 3.41. The van der Waals surface area contributed by atoms with Gasteiger partial charge in [0.05, 0.1) is 11.4 Å². The van der Waals surface area contributed by atoms with Crippen LogP contribution in [0.25, 0.3) is 0 Å². The Bertz CT molecular complexity index is 388. The van der Waals surface area contributed by atoms with Crippen LogP contribution >= 0.6 is 11.8 Å². The average Bonchev–Trinajstić information content (AvgIpc) is 2.30. The van der Waals surface area contributed by atoms with E-state index >= 15 is 0 Å². The van der Waals surface area contributed by atoms with Crippen molar-refractivity contribution in [2.24, 2.45) is 0 Å². The van der Waals surface area contributed by atoms with Gasteiger partial charge in [-0.2, -0.15) is 11.8 Å². The van der Waals surface area contributed by atoms with E-state index in [1.807, 2.05) is 0 Å². The van der Waals surface area contributed by atoms with Gasteiger partial charge in [0.2, 0.25) is 5.91 Å². The third-order valence-corrected chi connectivity index (χ3v) is 3.00. The van der Waals surface area contributed by atoms with E-state index in [1.54, 1.807) is 0 Å². The van der Waals surface area contributed by atoms with Crippen LogP contribution in [0.15, 0.2) is 18.2 Å². The zero-order chi connectivity index (χ0) is 12.7. The summed E-state index contributed by atoms with van der Waals surface area (Å²) in [5.74, 6) is 0.367. The van der Waals surface area contributed by atoms with E-state index in [4.69, 9.17) is 10.8 Å². The normalized spacial score (nSPS) is 10.2. The topological polar surface area (TPSA) is 75.3 Å². The number of carbonyl (C=O) groups excluding carboxylic acids is 1. The van der Waals surface area contributed by atoms with Crippen molar-refractivity contribution in [2.75, 3.05) is 29.2 Å². The average molecular weight is 258 g/mol. The lowest BCUT2D eigenvalue weighted by Crippen LogP contribution is -2.14. The molecule has 4 nitrogen and oxygen atoms in total. The molecular weight excluding hydrogens is 243 g/mol. The van der Waals surface area contributed by atoms with E-state index in [0.29, 0.717) is 17.9 Å². The highest BCUT2D eigenvalue weighted by molar-refractivity contribution is 7.99. The first-order valence-corrected chi connectivity index (χ1v) is 6.32. The predicted octanol–water partition coefficient (Wildman–Crippen LogP) is 1.46. The van der Waals surface area contributed by atoms with Crippen LogP contribution in [0.2, 0.25) is 0 Å². The Hall–Kier alpha value is -1.27. The molecule has 0 aliphatic heterocycles. The fraction of sp³-hybridized carbons (Fsp3) is 0.364. The summed E-state index contributed by atoms with van der Waals surface area (Å²) in [7, 11) is 0. The van der Waals surface area contributed by atoms with Crippen LogP contribution in [0.3, 0.4) is 0 Å². The first-order chi connectivity index (χ1) is 8.13. The number of thioether (sulfide) groups is 1. The Morgan fingerprint density at radius 2 is 2.29 bits per heavy atom. The summed E-state index contributed by atoms with van der Waals surface area (Å²) in [4.78, 5) is 11.4. The fourth-order valence-electron chi connectivity index (χ4n) is 1.15. The number of nitrogens with one attached hydrogen (secondary N) is 1. The van der Waals surface area contributed by atoms with Gasteiger partial charge < -0.3 is 16.2 Å². The SMILES string of the molecule is Nc1cc(NC(=O)CSCCCO)ccc1F. The number of hydrogen-bond donors (Lipinski definition) is 3. The van der Waals surface area contributed by atoms with E-state index in [-0.39, 0.29) is 18.2 Å². The lowest BCUT2D eigenvalue weighted by Gasteiger charge is -2.06. The first kappa shape index (κ1) is 13.8. The number of hydrogen-bond acceptors (Lipinski definition) is 4. The Kier molecular flexibility index (Phi) is 5.79. The van der Waals surface area contributed by atoms with Crippen molar-refractivity contribution in [2.45, 2.75) is 6.42 Å². The lowest BCUT2D eigenvalue weighted by atomic mass is 10.2. The third kappa shape index (κ3) is 5.06. The van der Waals surface area contributed by atoms with E-state index in [9.17, 15) is 9.18 Å². The molecule has 0 radical (unpaired) electrons. The Balaban J connectivity index is 2.37. The molecule has 0 bridgehead atoms. The molecule has 1 aromatic carbocycles.